The molecule has 0 saturated heterocycles. The van der Waals surface area contributed by atoms with Crippen molar-refractivity contribution in [3.63, 3.8) is 0 Å². The summed E-state index contributed by atoms with van der Waals surface area (Å²) in [5, 5.41) is 2.74. The minimum atomic E-state index is -0.888. The molecule has 0 heterocycles. The van der Waals surface area contributed by atoms with E-state index in [0.717, 1.165) is 37.9 Å². The quantitative estimate of drug-likeness (QED) is 0.247. The average molecular weight is 556 g/mol. The smallest absolute Gasteiger partial charge is 0.407 e. The highest BCUT2D eigenvalue weighted by Crippen LogP contribution is 2.44. The molecule has 1 N–H and O–H groups in total. The molecule has 0 aromatic heterocycles. The number of hydrogen-bond acceptors (Lipinski definition) is 4. The van der Waals surface area contributed by atoms with E-state index in [2.05, 4.69) is 45.5 Å². The van der Waals surface area contributed by atoms with E-state index in [0.29, 0.717) is 0 Å². The van der Waals surface area contributed by atoms with Crippen molar-refractivity contribution in [1.82, 2.24) is 5.32 Å². The van der Waals surface area contributed by atoms with Crippen LogP contribution in [0.2, 0.25) is 0 Å². The van der Waals surface area contributed by atoms with E-state index in [-0.39, 0.29) is 25.6 Å². The van der Waals surface area contributed by atoms with Crippen LogP contribution in [0.3, 0.4) is 0 Å². The molecule has 4 aromatic rings. The Balaban J connectivity index is 1.27. The summed E-state index contributed by atoms with van der Waals surface area (Å²) in [7, 11) is 0. The highest BCUT2D eigenvalue weighted by Gasteiger charge is 2.30. The normalized spacial score (nSPS) is 12.8. The number of alkyl carbamates (subject to hydrolysis) is 1. The number of nitrogens with one attached hydrogen (secondary N) is 1. The third-order valence-corrected chi connectivity index (χ3v) is 7.03. The number of carbonyl (C=O) groups is 2. The molecule has 0 fully saturated rings. The topological polar surface area (TPSA) is 64.6 Å². The summed E-state index contributed by atoms with van der Waals surface area (Å²) in [4.78, 5) is 25.9. The van der Waals surface area contributed by atoms with Gasteiger partial charge in [0, 0.05) is 16.8 Å². The second kappa shape index (κ2) is 11.4. The molecule has 0 unspecified atom stereocenters. The molecule has 0 aliphatic heterocycles. The van der Waals surface area contributed by atoms with Gasteiger partial charge < -0.3 is 14.8 Å². The van der Waals surface area contributed by atoms with Gasteiger partial charge in [-0.15, -0.1) is 0 Å². The van der Waals surface area contributed by atoms with Gasteiger partial charge in [0.25, 0.3) is 0 Å². The third-order valence-electron chi connectivity index (χ3n) is 6.50. The molecule has 0 bridgehead atoms. The highest BCUT2D eigenvalue weighted by atomic mass is 79.9. The lowest BCUT2D eigenvalue weighted by molar-refractivity contribution is -0.147. The first-order chi connectivity index (χ1) is 18.1. The average Bonchev–Trinajstić information content (AvgIpc) is 3.25. The van der Waals surface area contributed by atoms with Gasteiger partial charge in [-0.2, -0.15) is 0 Å². The Morgan fingerprint density at radius 3 is 1.97 bits per heavy atom. The maximum absolute atomic E-state index is 13.0. The zero-order valence-corrected chi connectivity index (χ0v) is 21.7. The first kappa shape index (κ1) is 24.8. The van der Waals surface area contributed by atoms with Gasteiger partial charge in [0.05, 0.1) is 0 Å². The van der Waals surface area contributed by atoms with Crippen molar-refractivity contribution in [2.45, 2.75) is 25.0 Å². The number of halogens is 1. The van der Waals surface area contributed by atoms with E-state index in [1.807, 2.05) is 78.9 Å². The van der Waals surface area contributed by atoms with Crippen LogP contribution in [0.1, 0.15) is 28.2 Å². The number of hydrogen-bond donors (Lipinski definition) is 1. The van der Waals surface area contributed by atoms with Gasteiger partial charge >= 0.3 is 12.1 Å². The predicted molar refractivity (Wildman–Crippen MR) is 146 cm³/mol. The Kier molecular flexibility index (Phi) is 7.66. The Bertz CT molecular complexity index is 1340. The van der Waals surface area contributed by atoms with Crippen LogP contribution in [-0.4, -0.2) is 24.7 Å². The minimum Gasteiger partial charge on any atom is -0.459 e. The SMILES string of the molecule is O=C(N[C@@H](Cc1ccc(Br)cc1)C(=O)OCc1ccccc1)OCC1c2ccccc2-c2ccccc21. The molecule has 1 aliphatic rings. The molecule has 5 nitrogen and oxygen atoms in total. The van der Waals surface area contributed by atoms with Gasteiger partial charge in [0.2, 0.25) is 0 Å². The molecule has 37 heavy (non-hydrogen) atoms. The summed E-state index contributed by atoms with van der Waals surface area (Å²) in [6.07, 6.45) is -0.369. The summed E-state index contributed by atoms with van der Waals surface area (Å²) in [5.41, 5.74) is 6.34. The molecule has 0 saturated carbocycles. The maximum Gasteiger partial charge on any atom is 0.407 e. The van der Waals surface area contributed by atoms with Crippen LogP contribution in [0, 0.1) is 0 Å². The Labute approximate surface area is 224 Å². The highest BCUT2D eigenvalue weighted by molar-refractivity contribution is 9.10. The summed E-state index contributed by atoms with van der Waals surface area (Å²) < 4.78 is 12.1. The molecule has 0 radical (unpaired) electrons. The van der Waals surface area contributed by atoms with E-state index in [1.165, 1.54) is 0 Å². The second-order valence-electron chi connectivity index (χ2n) is 8.95. The number of rotatable bonds is 8. The van der Waals surface area contributed by atoms with Gasteiger partial charge in [-0.25, -0.2) is 9.59 Å². The molecule has 1 aliphatic carbocycles. The molecule has 5 rings (SSSR count). The summed E-state index contributed by atoms with van der Waals surface area (Å²) in [6, 6.07) is 32.5. The Morgan fingerprint density at radius 1 is 0.730 bits per heavy atom. The van der Waals surface area contributed by atoms with Gasteiger partial charge in [0.1, 0.15) is 19.3 Å². The van der Waals surface area contributed by atoms with Crippen LogP contribution >= 0.6 is 15.9 Å². The number of fused-ring (bicyclic) bond motifs is 3. The predicted octanol–water partition coefficient (Wildman–Crippen LogP) is 6.64. The van der Waals surface area contributed by atoms with E-state index < -0.39 is 18.1 Å². The second-order valence-corrected chi connectivity index (χ2v) is 9.86. The Morgan fingerprint density at radius 2 is 1.32 bits per heavy atom. The van der Waals surface area contributed by atoms with Gasteiger partial charge in [-0.3, -0.25) is 0 Å². The lowest BCUT2D eigenvalue weighted by atomic mass is 9.98. The van der Waals surface area contributed by atoms with Crippen molar-refractivity contribution in [3.8, 4) is 11.1 Å². The summed E-state index contributed by atoms with van der Waals surface area (Å²) in [5.74, 6) is -0.576. The molecule has 1 atom stereocenters. The van der Waals surface area contributed by atoms with Gasteiger partial charge in [-0.1, -0.05) is 107 Å². The summed E-state index contributed by atoms with van der Waals surface area (Å²) >= 11 is 3.43. The number of ether oxygens (including phenoxy) is 2. The van der Waals surface area contributed by atoms with Crippen LogP contribution in [0.15, 0.2) is 108 Å². The molecule has 1 amide bonds. The standard InChI is InChI=1S/C31H26BrNO4/c32-23-16-14-21(15-17-23)18-29(30(34)36-19-22-8-2-1-3-9-22)33-31(35)37-20-28-26-12-6-4-10-24(26)25-11-5-7-13-27(25)28/h1-17,28-29H,18-20H2,(H,33,35)/t29-/m0/s1. The number of benzene rings is 4. The van der Waals surface area contributed by atoms with Crippen molar-refractivity contribution in [3.05, 3.63) is 130 Å². The van der Waals surface area contributed by atoms with Crippen LogP contribution in [0.4, 0.5) is 4.79 Å². The monoisotopic (exact) mass is 555 g/mol. The largest absolute Gasteiger partial charge is 0.459 e. The summed E-state index contributed by atoms with van der Waals surface area (Å²) in [6.45, 7) is 0.298. The molecule has 6 heteroatoms. The maximum atomic E-state index is 13.0. The Hall–Kier alpha value is -3.90. The zero-order valence-electron chi connectivity index (χ0n) is 20.1. The molecular formula is C31H26BrNO4. The van der Waals surface area contributed by atoms with E-state index in [4.69, 9.17) is 9.47 Å². The lowest BCUT2D eigenvalue weighted by Gasteiger charge is -2.19. The van der Waals surface area contributed by atoms with Gasteiger partial charge in [0.15, 0.2) is 0 Å². The fraction of sp³-hybridized carbons (Fsp3) is 0.161. The van der Waals surface area contributed by atoms with E-state index in [1.54, 1.807) is 0 Å². The molecule has 4 aromatic carbocycles. The van der Waals surface area contributed by atoms with Crippen molar-refractivity contribution in [2.24, 2.45) is 0 Å². The van der Waals surface area contributed by atoms with Crippen molar-refractivity contribution >= 4 is 28.0 Å². The van der Waals surface area contributed by atoms with Crippen molar-refractivity contribution < 1.29 is 19.1 Å². The fourth-order valence-electron chi connectivity index (χ4n) is 4.66. The van der Waals surface area contributed by atoms with Crippen molar-refractivity contribution in [1.29, 1.82) is 0 Å². The molecule has 0 spiro atoms. The first-order valence-corrected chi connectivity index (χ1v) is 12.9. The van der Waals surface area contributed by atoms with E-state index in [9.17, 15) is 9.59 Å². The molecule has 186 valence electrons. The van der Waals surface area contributed by atoms with Gasteiger partial charge in [-0.05, 0) is 45.5 Å². The number of amides is 1. The van der Waals surface area contributed by atoms with Crippen molar-refractivity contribution in [2.75, 3.05) is 6.61 Å². The van der Waals surface area contributed by atoms with Crippen LogP contribution < -0.4 is 5.32 Å². The number of carbonyl (C=O) groups excluding carboxylic acids is 2. The molecular weight excluding hydrogens is 530 g/mol. The number of esters is 1. The first-order valence-electron chi connectivity index (χ1n) is 12.1. The fourth-order valence-corrected chi connectivity index (χ4v) is 4.93. The van der Waals surface area contributed by atoms with Crippen LogP contribution in [-0.2, 0) is 27.3 Å². The third kappa shape index (κ3) is 5.92. The van der Waals surface area contributed by atoms with Crippen LogP contribution in [0.25, 0.3) is 11.1 Å². The zero-order chi connectivity index (χ0) is 25.6. The van der Waals surface area contributed by atoms with E-state index >= 15 is 0 Å². The lowest BCUT2D eigenvalue weighted by Crippen LogP contribution is -2.43. The minimum absolute atomic E-state index is 0.0619. The van der Waals surface area contributed by atoms with Crippen LogP contribution in [0.5, 0.6) is 0 Å².